The molecule has 3 rings (SSSR count). The lowest BCUT2D eigenvalue weighted by Crippen LogP contribution is -2.25. The average molecular weight is 368 g/mol. The first-order chi connectivity index (χ1) is 12.6. The second-order valence-corrected chi connectivity index (χ2v) is 6.14. The first-order valence-corrected chi connectivity index (χ1v) is 8.50. The van der Waals surface area contributed by atoms with E-state index in [-0.39, 0.29) is 5.91 Å². The van der Waals surface area contributed by atoms with Crippen molar-refractivity contribution < 1.29 is 4.79 Å². The number of hydrogen-bond donors (Lipinski definition) is 2. The number of rotatable bonds is 6. The molecule has 7 heteroatoms. The second kappa shape index (κ2) is 8.40. The molecule has 0 aliphatic rings. The number of aryl methyl sites for hydroxylation is 1. The van der Waals surface area contributed by atoms with Crippen LogP contribution in [0.1, 0.15) is 27.4 Å². The van der Waals surface area contributed by atoms with Gasteiger partial charge in [0, 0.05) is 23.5 Å². The molecule has 0 atom stereocenters. The fraction of sp³-hybridized carbons (Fsp3) is 0.158. The Balaban J connectivity index is 1.64. The summed E-state index contributed by atoms with van der Waals surface area (Å²) < 4.78 is 0. The minimum absolute atomic E-state index is 0.268. The molecule has 0 radical (unpaired) electrons. The second-order valence-electron chi connectivity index (χ2n) is 5.70. The van der Waals surface area contributed by atoms with Gasteiger partial charge in [0.15, 0.2) is 0 Å². The fourth-order valence-corrected chi connectivity index (χ4v) is 2.44. The zero-order chi connectivity index (χ0) is 18.4. The molecule has 0 saturated heterocycles. The molecule has 2 heterocycles. The number of pyridine rings is 1. The smallest absolute Gasteiger partial charge is 0.270 e. The molecule has 0 spiro atoms. The lowest BCUT2D eigenvalue weighted by molar-refractivity contribution is 0.0945. The van der Waals surface area contributed by atoms with Crippen LogP contribution in [-0.2, 0) is 13.1 Å². The van der Waals surface area contributed by atoms with Gasteiger partial charge in [-0.3, -0.25) is 9.78 Å². The van der Waals surface area contributed by atoms with Gasteiger partial charge in [0.05, 0.1) is 12.2 Å². The van der Waals surface area contributed by atoms with Crippen LogP contribution in [0, 0.1) is 6.92 Å². The number of carbonyl (C=O) groups is 1. The fourth-order valence-electron chi connectivity index (χ4n) is 2.31. The van der Waals surface area contributed by atoms with Gasteiger partial charge in [-0.2, -0.15) is 0 Å². The van der Waals surface area contributed by atoms with Gasteiger partial charge in [-0.05, 0) is 42.8 Å². The summed E-state index contributed by atoms with van der Waals surface area (Å²) in [6, 6.07) is 14.7. The Morgan fingerprint density at radius 2 is 1.88 bits per heavy atom. The highest BCUT2D eigenvalue weighted by atomic mass is 35.5. The summed E-state index contributed by atoms with van der Waals surface area (Å²) in [7, 11) is 0. The molecule has 0 bridgehead atoms. The summed E-state index contributed by atoms with van der Waals surface area (Å²) in [6.45, 7) is 2.70. The van der Waals surface area contributed by atoms with E-state index in [0.717, 1.165) is 11.3 Å². The maximum Gasteiger partial charge on any atom is 0.270 e. The van der Waals surface area contributed by atoms with Gasteiger partial charge >= 0.3 is 0 Å². The molecule has 0 saturated carbocycles. The highest BCUT2D eigenvalue weighted by Crippen LogP contribution is 2.11. The number of nitrogens with one attached hydrogen (secondary N) is 2. The number of carbonyl (C=O) groups excluding carboxylic acids is 1. The number of anilines is 1. The normalized spacial score (nSPS) is 10.4. The lowest BCUT2D eigenvalue weighted by Gasteiger charge is -2.09. The molecule has 3 aromatic rings. The van der Waals surface area contributed by atoms with Gasteiger partial charge < -0.3 is 10.6 Å². The van der Waals surface area contributed by atoms with Gasteiger partial charge in [-0.15, -0.1) is 0 Å². The Kier molecular flexibility index (Phi) is 5.76. The molecule has 6 nitrogen and oxygen atoms in total. The van der Waals surface area contributed by atoms with Gasteiger partial charge in [-0.1, -0.05) is 29.8 Å². The van der Waals surface area contributed by atoms with E-state index in [1.165, 1.54) is 0 Å². The van der Waals surface area contributed by atoms with E-state index in [2.05, 4.69) is 25.6 Å². The lowest BCUT2D eigenvalue weighted by atomic mass is 10.2. The van der Waals surface area contributed by atoms with Gasteiger partial charge in [0.2, 0.25) is 5.95 Å². The van der Waals surface area contributed by atoms with Crippen molar-refractivity contribution in [3.63, 3.8) is 0 Å². The van der Waals surface area contributed by atoms with E-state index in [0.29, 0.717) is 35.4 Å². The van der Waals surface area contributed by atoms with Crippen molar-refractivity contribution in [1.82, 2.24) is 20.3 Å². The Bertz CT molecular complexity index is 884. The van der Waals surface area contributed by atoms with E-state index in [1.54, 1.807) is 12.3 Å². The minimum Gasteiger partial charge on any atom is -0.350 e. The van der Waals surface area contributed by atoms with E-state index in [4.69, 9.17) is 11.6 Å². The van der Waals surface area contributed by atoms with Crippen molar-refractivity contribution in [3.8, 4) is 0 Å². The topological polar surface area (TPSA) is 79.8 Å². The van der Waals surface area contributed by atoms with Crippen LogP contribution in [0.5, 0.6) is 0 Å². The average Bonchev–Trinajstić information content (AvgIpc) is 2.66. The van der Waals surface area contributed by atoms with Crippen molar-refractivity contribution in [2.24, 2.45) is 0 Å². The number of aromatic nitrogens is 3. The zero-order valence-corrected chi connectivity index (χ0v) is 15.0. The van der Waals surface area contributed by atoms with Crippen LogP contribution in [0.3, 0.4) is 0 Å². The van der Waals surface area contributed by atoms with E-state index in [9.17, 15) is 4.79 Å². The van der Waals surface area contributed by atoms with Crippen molar-refractivity contribution in [2.75, 3.05) is 5.32 Å². The number of halogens is 1. The summed E-state index contributed by atoms with van der Waals surface area (Å²) in [5, 5.41) is 6.64. The predicted octanol–water partition coefficient (Wildman–Crippen LogP) is 3.38. The maximum atomic E-state index is 12.4. The van der Waals surface area contributed by atoms with Crippen LogP contribution in [0.4, 0.5) is 5.95 Å². The molecule has 2 N–H and O–H groups in total. The third-order valence-corrected chi connectivity index (χ3v) is 3.86. The highest BCUT2D eigenvalue weighted by molar-refractivity contribution is 6.30. The number of amides is 1. The van der Waals surface area contributed by atoms with Crippen LogP contribution in [0.15, 0.2) is 54.7 Å². The monoisotopic (exact) mass is 367 g/mol. The molecule has 132 valence electrons. The molecule has 0 aliphatic heterocycles. The Hall–Kier alpha value is -2.99. The van der Waals surface area contributed by atoms with Gasteiger partial charge in [-0.25, -0.2) is 9.97 Å². The maximum absolute atomic E-state index is 12.4. The summed E-state index contributed by atoms with van der Waals surface area (Å²) in [5.74, 6) is 0.138. The molecule has 1 aromatic carbocycles. The molecule has 1 amide bonds. The third kappa shape index (κ3) is 5.00. The van der Waals surface area contributed by atoms with Crippen molar-refractivity contribution in [3.05, 3.63) is 82.4 Å². The molecule has 0 fully saturated rings. The van der Waals surface area contributed by atoms with E-state index in [1.807, 2.05) is 49.4 Å². The van der Waals surface area contributed by atoms with Crippen LogP contribution >= 0.6 is 11.6 Å². The Morgan fingerprint density at radius 1 is 1.08 bits per heavy atom. The minimum atomic E-state index is -0.268. The predicted molar refractivity (Wildman–Crippen MR) is 101 cm³/mol. The standard InChI is InChI=1S/C19H18ClN5O/c1-13-10-17(18(26)22-12-16-4-2-3-9-21-16)25-19(24-13)23-11-14-5-7-15(20)8-6-14/h2-10H,11-12H2,1H3,(H,22,26)(H,23,24,25). The summed E-state index contributed by atoms with van der Waals surface area (Å²) >= 11 is 5.89. The molecular formula is C19H18ClN5O. The molecular weight excluding hydrogens is 350 g/mol. The van der Waals surface area contributed by atoms with E-state index >= 15 is 0 Å². The van der Waals surface area contributed by atoms with Gasteiger partial charge in [0.25, 0.3) is 5.91 Å². The van der Waals surface area contributed by atoms with Crippen molar-refractivity contribution in [2.45, 2.75) is 20.0 Å². The van der Waals surface area contributed by atoms with Crippen LogP contribution < -0.4 is 10.6 Å². The highest BCUT2D eigenvalue weighted by Gasteiger charge is 2.10. The molecule has 2 aromatic heterocycles. The largest absolute Gasteiger partial charge is 0.350 e. The molecule has 0 aliphatic carbocycles. The SMILES string of the molecule is Cc1cc(C(=O)NCc2ccccn2)nc(NCc2ccc(Cl)cc2)n1. The van der Waals surface area contributed by atoms with Crippen molar-refractivity contribution in [1.29, 1.82) is 0 Å². The summed E-state index contributed by atoms with van der Waals surface area (Å²) in [5.41, 5.74) is 2.85. The van der Waals surface area contributed by atoms with Crippen LogP contribution in [0.2, 0.25) is 5.02 Å². The molecule has 0 unspecified atom stereocenters. The Labute approximate surface area is 156 Å². The number of nitrogens with zero attached hydrogens (tertiary/aromatic N) is 3. The summed E-state index contributed by atoms with van der Waals surface area (Å²) in [6.07, 6.45) is 1.69. The van der Waals surface area contributed by atoms with Crippen molar-refractivity contribution >= 4 is 23.5 Å². The number of hydrogen-bond acceptors (Lipinski definition) is 5. The quantitative estimate of drug-likeness (QED) is 0.698. The number of benzene rings is 1. The first kappa shape index (κ1) is 17.8. The van der Waals surface area contributed by atoms with Gasteiger partial charge in [0.1, 0.15) is 5.69 Å². The van der Waals surface area contributed by atoms with Crippen LogP contribution in [-0.4, -0.2) is 20.9 Å². The molecule has 26 heavy (non-hydrogen) atoms. The zero-order valence-electron chi connectivity index (χ0n) is 14.2. The first-order valence-electron chi connectivity index (χ1n) is 8.12. The Morgan fingerprint density at radius 3 is 2.62 bits per heavy atom. The summed E-state index contributed by atoms with van der Waals surface area (Å²) in [4.78, 5) is 25.2. The van der Waals surface area contributed by atoms with E-state index < -0.39 is 0 Å². The van der Waals surface area contributed by atoms with Crippen LogP contribution in [0.25, 0.3) is 0 Å². The third-order valence-electron chi connectivity index (χ3n) is 3.61.